The molecule has 37 heavy (non-hydrogen) atoms. The van der Waals surface area contributed by atoms with E-state index in [9.17, 15) is 18.3 Å². The quantitative estimate of drug-likeness (QED) is 0.267. The Bertz CT molecular complexity index is 1040. The van der Waals surface area contributed by atoms with Gasteiger partial charge in [-0.1, -0.05) is 49.4 Å². The third-order valence-electron chi connectivity index (χ3n) is 5.92. The molecule has 0 aromatic heterocycles. The zero-order chi connectivity index (χ0) is 27.1. The van der Waals surface area contributed by atoms with E-state index in [-0.39, 0.29) is 25.3 Å². The number of nitrogens with one attached hydrogen (secondary N) is 2. The average molecular weight is 536 g/mol. The van der Waals surface area contributed by atoms with Crippen LogP contribution in [-0.2, 0) is 32.5 Å². The van der Waals surface area contributed by atoms with E-state index in [0.29, 0.717) is 32.5 Å². The second kappa shape index (κ2) is 16.4. The van der Waals surface area contributed by atoms with E-state index in [4.69, 9.17) is 9.47 Å². The molecule has 1 amide bonds. The molecule has 0 saturated heterocycles. The molecule has 0 aliphatic carbocycles. The number of amides is 1. The van der Waals surface area contributed by atoms with E-state index in [1.165, 1.54) is 11.4 Å². The summed E-state index contributed by atoms with van der Waals surface area (Å²) in [5, 5.41) is 17.0. The van der Waals surface area contributed by atoms with Crippen LogP contribution in [0.15, 0.2) is 54.6 Å². The molecular formula is C27H41N3O6S. The third kappa shape index (κ3) is 11.2. The summed E-state index contributed by atoms with van der Waals surface area (Å²) in [6, 6.07) is 16.6. The molecule has 3 N–H and O–H groups in total. The minimum atomic E-state index is -3.61. The first-order valence-electron chi connectivity index (χ1n) is 12.6. The Balaban J connectivity index is 1.99. The smallest absolute Gasteiger partial charge is 0.221 e. The topological polar surface area (TPSA) is 117 Å². The van der Waals surface area contributed by atoms with Gasteiger partial charge in [0.2, 0.25) is 15.9 Å². The Hall–Kier alpha value is -2.50. The molecule has 0 spiro atoms. The second-order valence-corrected chi connectivity index (χ2v) is 11.0. The Kier molecular flexibility index (Phi) is 13.6. The van der Waals surface area contributed by atoms with Gasteiger partial charge in [0.05, 0.1) is 31.6 Å². The van der Waals surface area contributed by atoms with Crippen molar-refractivity contribution in [2.24, 2.45) is 0 Å². The molecule has 9 nitrogen and oxygen atoms in total. The van der Waals surface area contributed by atoms with Gasteiger partial charge in [0.1, 0.15) is 5.75 Å². The summed E-state index contributed by atoms with van der Waals surface area (Å²) >= 11 is 0. The molecule has 2 aromatic rings. The van der Waals surface area contributed by atoms with Crippen molar-refractivity contribution in [3.8, 4) is 5.75 Å². The fourth-order valence-corrected chi connectivity index (χ4v) is 5.42. The Labute approximate surface area is 221 Å². The molecule has 0 fully saturated rings. The first-order valence-corrected chi connectivity index (χ1v) is 14.2. The minimum Gasteiger partial charge on any atom is -0.497 e. The Morgan fingerprint density at radius 3 is 2.46 bits per heavy atom. The van der Waals surface area contributed by atoms with Gasteiger partial charge in [-0.05, 0) is 36.1 Å². The lowest BCUT2D eigenvalue weighted by Gasteiger charge is -2.25. The maximum absolute atomic E-state index is 12.8. The van der Waals surface area contributed by atoms with Crippen molar-refractivity contribution < 1.29 is 27.8 Å². The summed E-state index contributed by atoms with van der Waals surface area (Å²) in [4.78, 5) is 12.8. The number of benzene rings is 2. The monoisotopic (exact) mass is 535 g/mol. The third-order valence-corrected chi connectivity index (χ3v) is 7.80. The van der Waals surface area contributed by atoms with E-state index in [0.717, 1.165) is 16.9 Å². The first kappa shape index (κ1) is 30.7. The maximum atomic E-state index is 12.8. The van der Waals surface area contributed by atoms with Crippen LogP contribution in [-0.4, -0.2) is 82.1 Å². The minimum absolute atomic E-state index is 0.190. The average Bonchev–Trinajstić information content (AvgIpc) is 2.90. The number of hydrogen-bond donors (Lipinski definition) is 3. The van der Waals surface area contributed by atoms with Gasteiger partial charge in [-0.25, -0.2) is 8.42 Å². The SMILES string of the molecule is CCCN(CCOC)S(=O)(=O)CCC(=O)N[C@@H](Cc1ccccc1)[C@@H](O)CNCc1cccc(OC)c1. The number of methoxy groups -OCH3 is 2. The van der Waals surface area contributed by atoms with Crippen molar-refractivity contribution in [2.45, 2.75) is 44.9 Å². The largest absolute Gasteiger partial charge is 0.497 e. The highest BCUT2D eigenvalue weighted by molar-refractivity contribution is 7.89. The molecule has 0 bridgehead atoms. The lowest BCUT2D eigenvalue weighted by atomic mass is 10.0. The van der Waals surface area contributed by atoms with Gasteiger partial charge in [0.25, 0.3) is 0 Å². The molecule has 0 aliphatic rings. The van der Waals surface area contributed by atoms with Crippen molar-refractivity contribution in [3.63, 3.8) is 0 Å². The molecule has 0 aliphatic heterocycles. The van der Waals surface area contributed by atoms with Crippen LogP contribution in [0, 0.1) is 0 Å². The van der Waals surface area contributed by atoms with E-state index >= 15 is 0 Å². The van der Waals surface area contributed by atoms with Gasteiger partial charge in [0.15, 0.2) is 0 Å². The van der Waals surface area contributed by atoms with E-state index in [1.807, 2.05) is 61.5 Å². The predicted molar refractivity (Wildman–Crippen MR) is 145 cm³/mol. The molecule has 0 heterocycles. The molecule has 0 radical (unpaired) electrons. The zero-order valence-corrected chi connectivity index (χ0v) is 22.9. The highest BCUT2D eigenvalue weighted by Crippen LogP contribution is 2.13. The number of carbonyl (C=O) groups is 1. The van der Waals surface area contributed by atoms with Gasteiger partial charge in [0, 0.05) is 39.7 Å². The van der Waals surface area contributed by atoms with Crippen molar-refractivity contribution in [3.05, 3.63) is 65.7 Å². The first-order chi connectivity index (χ1) is 17.8. The molecular weight excluding hydrogens is 494 g/mol. The molecule has 2 aromatic carbocycles. The number of hydrogen-bond acceptors (Lipinski definition) is 7. The number of rotatable bonds is 18. The maximum Gasteiger partial charge on any atom is 0.221 e. The van der Waals surface area contributed by atoms with Crippen molar-refractivity contribution in [2.75, 3.05) is 46.2 Å². The molecule has 0 saturated carbocycles. The van der Waals surface area contributed by atoms with Gasteiger partial charge in [-0.2, -0.15) is 4.31 Å². The lowest BCUT2D eigenvalue weighted by Crippen LogP contribution is -2.49. The summed E-state index contributed by atoms with van der Waals surface area (Å²) in [6.45, 7) is 3.59. The van der Waals surface area contributed by atoms with Gasteiger partial charge in [-0.3, -0.25) is 4.79 Å². The van der Waals surface area contributed by atoms with E-state index < -0.39 is 28.1 Å². The van der Waals surface area contributed by atoms with Gasteiger partial charge in [-0.15, -0.1) is 0 Å². The van der Waals surface area contributed by atoms with Crippen LogP contribution in [0.25, 0.3) is 0 Å². The molecule has 10 heteroatoms. The zero-order valence-electron chi connectivity index (χ0n) is 22.1. The normalized spacial score (nSPS) is 13.3. The van der Waals surface area contributed by atoms with E-state index in [2.05, 4.69) is 10.6 Å². The number of ether oxygens (including phenoxy) is 2. The van der Waals surface area contributed by atoms with Crippen molar-refractivity contribution in [1.29, 1.82) is 0 Å². The highest BCUT2D eigenvalue weighted by Gasteiger charge is 2.25. The van der Waals surface area contributed by atoms with Gasteiger partial charge < -0.3 is 25.2 Å². The fourth-order valence-electron chi connectivity index (χ4n) is 3.90. The molecule has 206 valence electrons. The highest BCUT2D eigenvalue weighted by atomic mass is 32.2. The van der Waals surface area contributed by atoms with Crippen LogP contribution in [0.5, 0.6) is 5.75 Å². The summed E-state index contributed by atoms with van der Waals surface area (Å²) in [6.07, 6.45) is 0.00944. The van der Waals surface area contributed by atoms with Crippen LogP contribution in [0.4, 0.5) is 0 Å². The lowest BCUT2D eigenvalue weighted by molar-refractivity contribution is -0.122. The number of aliphatic hydroxyl groups excluding tert-OH is 1. The van der Waals surface area contributed by atoms with Crippen LogP contribution in [0.3, 0.4) is 0 Å². The molecule has 0 unspecified atom stereocenters. The summed E-state index contributed by atoms with van der Waals surface area (Å²) in [5.41, 5.74) is 1.96. The Morgan fingerprint density at radius 2 is 1.78 bits per heavy atom. The molecule has 2 atom stereocenters. The summed E-state index contributed by atoms with van der Waals surface area (Å²) in [7, 11) is -0.478. The molecule has 2 rings (SSSR count). The van der Waals surface area contributed by atoms with Crippen LogP contribution in [0.2, 0.25) is 0 Å². The van der Waals surface area contributed by atoms with Crippen molar-refractivity contribution in [1.82, 2.24) is 14.9 Å². The van der Waals surface area contributed by atoms with Crippen molar-refractivity contribution >= 4 is 15.9 Å². The van der Waals surface area contributed by atoms with E-state index in [1.54, 1.807) is 7.11 Å². The number of nitrogens with zero attached hydrogens (tertiary/aromatic N) is 1. The fraction of sp³-hybridized carbons (Fsp3) is 0.519. The number of aliphatic hydroxyl groups is 1. The van der Waals surface area contributed by atoms with Crippen LogP contribution in [0.1, 0.15) is 30.9 Å². The Morgan fingerprint density at radius 1 is 1.05 bits per heavy atom. The van der Waals surface area contributed by atoms with Crippen LogP contribution >= 0.6 is 0 Å². The standard InChI is InChI=1S/C27H41N3O6S/c1-4-14-30(15-16-35-2)37(33,34)17-13-27(32)29-25(19-22-9-6-5-7-10-22)26(31)21-28-20-23-11-8-12-24(18-23)36-3/h5-12,18,25-26,28,31H,4,13-17,19-21H2,1-3H3,(H,29,32)/t25-,26-/m0/s1. The number of carbonyl (C=O) groups excluding carboxylic acids is 1. The number of sulfonamides is 1. The van der Waals surface area contributed by atoms with Gasteiger partial charge >= 0.3 is 0 Å². The summed E-state index contributed by atoms with van der Waals surface area (Å²) in [5.74, 6) is 0.0356. The second-order valence-electron chi connectivity index (χ2n) is 8.87. The van der Waals surface area contributed by atoms with Crippen LogP contribution < -0.4 is 15.4 Å². The summed E-state index contributed by atoms with van der Waals surface area (Å²) < 4.78 is 37.2. The predicted octanol–water partition coefficient (Wildman–Crippen LogP) is 1.95.